The summed E-state index contributed by atoms with van der Waals surface area (Å²) in [5.74, 6) is 0.604. The molecule has 0 aliphatic carbocycles. The molecule has 2 rings (SSSR count). The molecule has 126 valence electrons. The lowest BCUT2D eigenvalue weighted by Gasteiger charge is -2.30. The highest BCUT2D eigenvalue weighted by atomic mass is 32.2. The summed E-state index contributed by atoms with van der Waals surface area (Å²) in [5, 5.41) is 4.57. The second-order valence-electron chi connectivity index (χ2n) is 7.75. The second-order valence-corrected chi connectivity index (χ2v) is 9.66. The van der Waals surface area contributed by atoms with Crippen molar-refractivity contribution in [3.63, 3.8) is 0 Å². The van der Waals surface area contributed by atoms with Crippen molar-refractivity contribution in [1.29, 1.82) is 0 Å². The van der Waals surface area contributed by atoms with Crippen LogP contribution in [-0.4, -0.2) is 35.6 Å². The number of sulfonamides is 1. The Hall–Kier alpha value is -0.880. The van der Waals surface area contributed by atoms with E-state index < -0.39 is 10.0 Å². The lowest BCUT2D eigenvalue weighted by atomic mass is 9.92. The molecule has 1 aliphatic heterocycles. The van der Waals surface area contributed by atoms with E-state index in [1.165, 1.54) is 0 Å². The molecule has 1 aromatic rings. The van der Waals surface area contributed by atoms with E-state index in [9.17, 15) is 8.42 Å². The molecule has 0 N–H and O–H groups in total. The van der Waals surface area contributed by atoms with E-state index in [0.717, 1.165) is 12.8 Å². The molecule has 0 saturated carbocycles. The van der Waals surface area contributed by atoms with Gasteiger partial charge in [-0.15, -0.1) is 0 Å². The Bertz CT molecular complexity index is 618. The summed E-state index contributed by atoms with van der Waals surface area (Å²) >= 11 is 0. The van der Waals surface area contributed by atoms with E-state index in [0.29, 0.717) is 29.6 Å². The van der Waals surface area contributed by atoms with Crippen LogP contribution in [0.4, 0.5) is 0 Å². The minimum Gasteiger partial charge on any atom is -0.269 e. The number of hydrogen-bond acceptors (Lipinski definition) is 3. The lowest BCUT2D eigenvalue weighted by Crippen LogP contribution is -2.38. The van der Waals surface area contributed by atoms with E-state index in [1.807, 2.05) is 34.6 Å². The third-order valence-electron chi connectivity index (χ3n) is 4.30. The van der Waals surface area contributed by atoms with Crippen LogP contribution in [0.15, 0.2) is 11.1 Å². The number of piperidine rings is 1. The SMILES string of the molecule is CC1CCN(S(=O)(=O)c2cn(C(C)C)nc2C(C)(C)C)CC1. The summed E-state index contributed by atoms with van der Waals surface area (Å²) in [6.07, 6.45) is 3.57. The first kappa shape index (κ1) is 17.5. The smallest absolute Gasteiger partial charge is 0.246 e. The molecule has 1 aromatic heterocycles. The maximum absolute atomic E-state index is 13.1. The minimum atomic E-state index is -3.46. The molecule has 0 radical (unpaired) electrons. The van der Waals surface area contributed by atoms with Gasteiger partial charge in [-0.1, -0.05) is 27.7 Å². The first-order valence-corrected chi connectivity index (χ1v) is 9.57. The fraction of sp³-hybridized carbons (Fsp3) is 0.812. The van der Waals surface area contributed by atoms with Crippen LogP contribution in [-0.2, 0) is 15.4 Å². The van der Waals surface area contributed by atoms with Gasteiger partial charge in [-0.05, 0) is 32.6 Å². The Labute approximate surface area is 134 Å². The molecule has 2 heterocycles. The van der Waals surface area contributed by atoms with Crippen LogP contribution in [0.25, 0.3) is 0 Å². The highest BCUT2D eigenvalue weighted by molar-refractivity contribution is 7.89. The van der Waals surface area contributed by atoms with Gasteiger partial charge in [0, 0.05) is 30.7 Å². The van der Waals surface area contributed by atoms with Gasteiger partial charge in [0.05, 0.1) is 5.69 Å². The zero-order valence-electron chi connectivity index (χ0n) is 14.6. The molecule has 22 heavy (non-hydrogen) atoms. The molecule has 1 saturated heterocycles. The Morgan fingerprint density at radius 3 is 2.23 bits per heavy atom. The molecule has 1 aliphatic rings. The number of hydrogen-bond donors (Lipinski definition) is 0. The number of rotatable bonds is 3. The Morgan fingerprint density at radius 2 is 1.77 bits per heavy atom. The second kappa shape index (κ2) is 5.96. The van der Waals surface area contributed by atoms with Crippen molar-refractivity contribution in [2.45, 2.75) is 70.7 Å². The number of nitrogens with zero attached hydrogens (tertiary/aromatic N) is 3. The van der Waals surface area contributed by atoms with Gasteiger partial charge in [-0.3, -0.25) is 4.68 Å². The first-order valence-electron chi connectivity index (χ1n) is 8.13. The van der Waals surface area contributed by atoms with Crippen LogP contribution in [0.2, 0.25) is 0 Å². The molecule has 5 nitrogen and oxygen atoms in total. The fourth-order valence-electron chi connectivity index (χ4n) is 2.71. The van der Waals surface area contributed by atoms with Crippen molar-refractivity contribution in [3.05, 3.63) is 11.9 Å². The van der Waals surface area contributed by atoms with E-state index >= 15 is 0 Å². The van der Waals surface area contributed by atoms with E-state index in [-0.39, 0.29) is 11.5 Å². The maximum Gasteiger partial charge on any atom is 0.246 e. The standard InChI is InChI=1S/C16H29N3O2S/c1-12(2)19-11-14(15(17-19)16(4,5)6)22(20,21)18-9-7-13(3)8-10-18/h11-13H,7-10H2,1-6H3. The van der Waals surface area contributed by atoms with Gasteiger partial charge in [0.25, 0.3) is 0 Å². The molecule has 6 heteroatoms. The van der Waals surface area contributed by atoms with Crippen LogP contribution in [0.5, 0.6) is 0 Å². The van der Waals surface area contributed by atoms with Gasteiger partial charge in [0.15, 0.2) is 0 Å². The molecule has 0 unspecified atom stereocenters. The van der Waals surface area contributed by atoms with Gasteiger partial charge in [0.2, 0.25) is 10.0 Å². The van der Waals surface area contributed by atoms with Crippen LogP contribution in [0.1, 0.15) is 66.1 Å². The van der Waals surface area contributed by atoms with Crippen molar-refractivity contribution in [3.8, 4) is 0 Å². The summed E-state index contributed by atoms with van der Waals surface area (Å²) in [7, 11) is -3.46. The highest BCUT2D eigenvalue weighted by Crippen LogP contribution is 2.32. The quantitative estimate of drug-likeness (QED) is 0.857. The first-order chi connectivity index (χ1) is 10.0. The highest BCUT2D eigenvalue weighted by Gasteiger charge is 2.35. The summed E-state index contributed by atoms with van der Waals surface area (Å²) in [6.45, 7) is 13.5. The summed E-state index contributed by atoms with van der Waals surface area (Å²) < 4.78 is 29.5. The van der Waals surface area contributed by atoms with Gasteiger partial charge in [-0.2, -0.15) is 9.40 Å². The monoisotopic (exact) mass is 327 g/mol. The topological polar surface area (TPSA) is 55.2 Å². The zero-order chi connectivity index (χ0) is 16.7. The third kappa shape index (κ3) is 3.38. The summed E-state index contributed by atoms with van der Waals surface area (Å²) in [4.78, 5) is 0.378. The van der Waals surface area contributed by atoms with Crippen molar-refractivity contribution in [1.82, 2.24) is 14.1 Å². The van der Waals surface area contributed by atoms with Crippen molar-refractivity contribution < 1.29 is 8.42 Å². The van der Waals surface area contributed by atoms with Gasteiger partial charge < -0.3 is 0 Å². The zero-order valence-corrected chi connectivity index (χ0v) is 15.4. The Kier molecular flexibility index (Phi) is 4.74. The van der Waals surface area contributed by atoms with Gasteiger partial charge in [-0.25, -0.2) is 8.42 Å². The Morgan fingerprint density at radius 1 is 1.23 bits per heavy atom. The summed E-state index contributed by atoms with van der Waals surface area (Å²) in [5.41, 5.74) is 0.367. The van der Waals surface area contributed by atoms with Gasteiger partial charge in [0.1, 0.15) is 4.90 Å². The Balaban J connectivity index is 2.46. The van der Waals surface area contributed by atoms with Crippen LogP contribution in [0.3, 0.4) is 0 Å². The van der Waals surface area contributed by atoms with Crippen molar-refractivity contribution in [2.75, 3.05) is 13.1 Å². The molecule has 0 amide bonds. The minimum absolute atomic E-state index is 0.145. The predicted molar refractivity (Wildman–Crippen MR) is 88.5 cm³/mol. The number of aromatic nitrogens is 2. The van der Waals surface area contributed by atoms with E-state index in [2.05, 4.69) is 12.0 Å². The molecule has 0 spiro atoms. The molecule has 1 fully saturated rings. The molecule has 0 atom stereocenters. The molecule has 0 bridgehead atoms. The predicted octanol–water partition coefficient (Wildman–Crippen LogP) is 3.18. The molecule has 0 aromatic carbocycles. The largest absolute Gasteiger partial charge is 0.269 e. The normalized spacial score (nSPS) is 19.0. The van der Waals surface area contributed by atoms with E-state index in [4.69, 9.17) is 0 Å². The van der Waals surface area contributed by atoms with Crippen LogP contribution >= 0.6 is 0 Å². The average molecular weight is 327 g/mol. The van der Waals surface area contributed by atoms with Crippen LogP contribution < -0.4 is 0 Å². The third-order valence-corrected chi connectivity index (χ3v) is 6.20. The average Bonchev–Trinajstić information content (AvgIpc) is 2.85. The van der Waals surface area contributed by atoms with Gasteiger partial charge >= 0.3 is 0 Å². The summed E-state index contributed by atoms with van der Waals surface area (Å²) in [6, 6.07) is 0.145. The lowest BCUT2D eigenvalue weighted by molar-refractivity contribution is 0.287. The van der Waals surface area contributed by atoms with Crippen molar-refractivity contribution in [2.24, 2.45) is 5.92 Å². The van der Waals surface area contributed by atoms with Crippen LogP contribution in [0, 0.1) is 5.92 Å². The molecular formula is C16H29N3O2S. The maximum atomic E-state index is 13.1. The van der Waals surface area contributed by atoms with Crippen molar-refractivity contribution >= 4 is 10.0 Å². The fourth-order valence-corrected chi connectivity index (χ4v) is 4.51. The molecular weight excluding hydrogens is 298 g/mol. The van der Waals surface area contributed by atoms with E-state index in [1.54, 1.807) is 15.2 Å².